The summed E-state index contributed by atoms with van der Waals surface area (Å²) in [5.74, 6) is 4.71. The van der Waals surface area contributed by atoms with Gasteiger partial charge in [-0.15, -0.1) is 0 Å². The van der Waals surface area contributed by atoms with E-state index in [0.717, 1.165) is 75.7 Å². The SMILES string of the molecule is C[C@H]1CC[C@@]2(OC1)O[C@H]1C[C@H]3[C@@H]4CC[C@@H]5C[C@H](NC(=O)NN6CCN(C)CC6)CC[C@]5(C)[C@H]4CC[C@]3(C)[C@H]1[C@@H]2C. The molecule has 0 aromatic carbocycles. The molecule has 7 rings (SSSR count). The monoisotopic (exact) mass is 556 g/mol. The van der Waals surface area contributed by atoms with Gasteiger partial charge in [0.25, 0.3) is 0 Å². The number of hydrogen-bond donors (Lipinski definition) is 2. The van der Waals surface area contributed by atoms with Crippen LogP contribution in [0.1, 0.15) is 91.9 Å². The van der Waals surface area contributed by atoms with Crippen molar-refractivity contribution in [3.8, 4) is 0 Å². The van der Waals surface area contributed by atoms with Crippen LogP contribution in [0.2, 0.25) is 0 Å². The number of rotatable bonds is 2. The number of fused-ring (bicyclic) bond motifs is 7. The number of ether oxygens (including phenoxy) is 2. The van der Waals surface area contributed by atoms with E-state index in [1.54, 1.807) is 0 Å². The van der Waals surface area contributed by atoms with Gasteiger partial charge in [-0.25, -0.2) is 9.80 Å². The van der Waals surface area contributed by atoms with Crippen molar-refractivity contribution in [2.75, 3.05) is 39.8 Å². The van der Waals surface area contributed by atoms with E-state index in [1.165, 1.54) is 44.9 Å². The number of carbonyl (C=O) groups is 1. The van der Waals surface area contributed by atoms with E-state index in [9.17, 15) is 4.79 Å². The van der Waals surface area contributed by atoms with Gasteiger partial charge in [0.15, 0.2) is 5.79 Å². The molecule has 2 N–H and O–H groups in total. The van der Waals surface area contributed by atoms with E-state index in [1.807, 2.05) is 0 Å². The van der Waals surface area contributed by atoms with Gasteiger partial charge in [-0.1, -0.05) is 27.7 Å². The van der Waals surface area contributed by atoms with Crippen molar-refractivity contribution in [1.29, 1.82) is 0 Å². The molecule has 2 amide bonds. The van der Waals surface area contributed by atoms with Crippen LogP contribution < -0.4 is 10.7 Å². The first-order valence-corrected chi connectivity index (χ1v) is 16.9. The molecule has 3 saturated heterocycles. The fourth-order valence-corrected chi connectivity index (χ4v) is 11.7. The summed E-state index contributed by atoms with van der Waals surface area (Å²) in [6.45, 7) is 14.7. The van der Waals surface area contributed by atoms with E-state index < -0.39 is 0 Å². The fraction of sp³-hybridized carbons (Fsp3) is 0.970. The Bertz CT molecular complexity index is 961. The summed E-state index contributed by atoms with van der Waals surface area (Å²) in [4.78, 5) is 15.2. The molecule has 40 heavy (non-hydrogen) atoms. The Kier molecular flexibility index (Phi) is 7.04. The molecule has 4 saturated carbocycles. The quantitative estimate of drug-likeness (QED) is 0.486. The molecule has 0 bridgehead atoms. The largest absolute Gasteiger partial charge is 0.349 e. The number of urea groups is 1. The number of nitrogens with one attached hydrogen (secondary N) is 2. The van der Waals surface area contributed by atoms with Gasteiger partial charge in [-0.3, -0.25) is 5.43 Å². The fourth-order valence-electron chi connectivity index (χ4n) is 11.7. The Hall–Kier alpha value is -0.890. The Morgan fingerprint density at radius 3 is 2.40 bits per heavy atom. The lowest BCUT2D eigenvalue weighted by atomic mass is 9.44. The summed E-state index contributed by atoms with van der Waals surface area (Å²) in [7, 11) is 2.15. The molecule has 7 heteroatoms. The van der Waals surface area contributed by atoms with Gasteiger partial charge in [-0.05, 0) is 111 Å². The zero-order valence-electron chi connectivity index (χ0n) is 25.9. The number of hydrogen-bond acceptors (Lipinski definition) is 5. The molecule has 0 radical (unpaired) electrons. The molecule has 0 aromatic rings. The Balaban J connectivity index is 0.990. The van der Waals surface area contributed by atoms with Crippen molar-refractivity contribution in [2.24, 2.45) is 52.3 Å². The van der Waals surface area contributed by atoms with E-state index >= 15 is 0 Å². The van der Waals surface area contributed by atoms with Crippen LogP contribution in [0, 0.1) is 52.3 Å². The minimum atomic E-state index is -0.307. The molecule has 7 aliphatic rings. The minimum Gasteiger partial charge on any atom is -0.349 e. The maximum Gasteiger partial charge on any atom is 0.329 e. The Morgan fingerprint density at radius 2 is 1.65 bits per heavy atom. The molecule has 226 valence electrons. The maximum absolute atomic E-state index is 12.8. The third-order valence-electron chi connectivity index (χ3n) is 14.0. The standard InChI is InChI=1S/C33H56N4O3/c1-21-8-13-33(39-20-21)22(2)29-28(40-33)19-27-25-7-6-23-18-24(34-30(38)35-37-16-14-36(5)15-17-37)9-11-31(23,3)26(25)10-12-32(27,29)4/h21-29H,6-20H2,1-5H3,(H2,34,35,38)/t21-,22-,23+,24+,25+,26-,27-,28-,29-,31-,32-,33+/m0/s1. The molecule has 7 nitrogen and oxygen atoms in total. The van der Waals surface area contributed by atoms with Crippen LogP contribution in [0.4, 0.5) is 4.79 Å². The number of carbonyl (C=O) groups excluding carboxylic acids is 1. The normalized spacial score (nSPS) is 52.9. The molecule has 1 spiro atoms. The number of amides is 2. The van der Waals surface area contributed by atoms with E-state index in [4.69, 9.17) is 9.47 Å². The van der Waals surface area contributed by atoms with Gasteiger partial charge in [0.1, 0.15) is 0 Å². The van der Waals surface area contributed by atoms with E-state index in [-0.39, 0.29) is 11.8 Å². The average molecular weight is 557 g/mol. The summed E-state index contributed by atoms with van der Waals surface area (Å²) in [6.07, 6.45) is 12.9. The minimum absolute atomic E-state index is 0.000986. The smallest absolute Gasteiger partial charge is 0.329 e. The van der Waals surface area contributed by atoms with Gasteiger partial charge >= 0.3 is 6.03 Å². The van der Waals surface area contributed by atoms with Crippen molar-refractivity contribution in [3.05, 3.63) is 0 Å². The molecule has 0 unspecified atom stereocenters. The lowest BCUT2D eigenvalue weighted by Gasteiger charge is -2.61. The zero-order valence-corrected chi connectivity index (χ0v) is 25.9. The first-order valence-electron chi connectivity index (χ1n) is 16.9. The second-order valence-electron chi connectivity index (χ2n) is 16.0. The third-order valence-corrected chi connectivity index (χ3v) is 14.0. The first-order chi connectivity index (χ1) is 19.1. The third kappa shape index (κ3) is 4.38. The first kappa shape index (κ1) is 27.9. The van der Waals surface area contributed by atoms with Crippen LogP contribution in [0.3, 0.4) is 0 Å². The molecule has 12 atom stereocenters. The summed E-state index contributed by atoms with van der Waals surface area (Å²) >= 11 is 0. The van der Waals surface area contributed by atoms with Gasteiger partial charge in [0, 0.05) is 44.6 Å². The Morgan fingerprint density at radius 1 is 0.875 bits per heavy atom. The lowest BCUT2D eigenvalue weighted by Crippen LogP contribution is -2.58. The molecule has 0 aromatic heterocycles. The van der Waals surface area contributed by atoms with Gasteiger partial charge in [0.2, 0.25) is 0 Å². The average Bonchev–Trinajstić information content (AvgIpc) is 3.37. The number of nitrogens with zero attached hydrogens (tertiary/aromatic N) is 2. The van der Waals surface area contributed by atoms with Gasteiger partial charge in [-0.2, -0.15) is 0 Å². The molecular formula is C33H56N4O3. The maximum atomic E-state index is 12.8. The van der Waals surface area contributed by atoms with E-state index in [2.05, 4.69) is 55.4 Å². The highest BCUT2D eigenvalue weighted by Gasteiger charge is 2.69. The van der Waals surface area contributed by atoms with Crippen molar-refractivity contribution in [1.82, 2.24) is 20.7 Å². The Labute approximate surface area is 242 Å². The van der Waals surface area contributed by atoms with Crippen LogP contribution in [0.15, 0.2) is 0 Å². The van der Waals surface area contributed by atoms with E-state index in [0.29, 0.717) is 40.7 Å². The van der Waals surface area contributed by atoms with Crippen LogP contribution >= 0.6 is 0 Å². The highest BCUT2D eigenvalue weighted by molar-refractivity contribution is 5.73. The predicted octanol–water partition coefficient (Wildman–Crippen LogP) is 5.26. The lowest BCUT2D eigenvalue weighted by molar-refractivity contribution is -0.273. The second kappa shape index (κ2) is 10.1. The molecule has 4 aliphatic carbocycles. The second-order valence-corrected chi connectivity index (χ2v) is 16.0. The molecular weight excluding hydrogens is 500 g/mol. The van der Waals surface area contributed by atoms with Crippen molar-refractivity contribution in [2.45, 2.75) is 110 Å². The zero-order chi connectivity index (χ0) is 27.9. The molecule has 3 heterocycles. The number of likely N-dealkylation sites (N-methyl/N-ethyl adjacent to an activating group) is 1. The number of hydrazine groups is 1. The van der Waals surface area contributed by atoms with Crippen LogP contribution in [-0.4, -0.2) is 73.7 Å². The topological polar surface area (TPSA) is 66.1 Å². The summed E-state index contributed by atoms with van der Waals surface area (Å²) in [5, 5.41) is 5.45. The van der Waals surface area contributed by atoms with Crippen LogP contribution in [0.5, 0.6) is 0 Å². The highest BCUT2D eigenvalue weighted by Crippen LogP contribution is 2.71. The summed E-state index contributed by atoms with van der Waals surface area (Å²) < 4.78 is 13.5. The van der Waals surface area contributed by atoms with Crippen LogP contribution in [-0.2, 0) is 9.47 Å². The predicted molar refractivity (Wildman–Crippen MR) is 156 cm³/mol. The highest BCUT2D eigenvalue weighted by atomic mass is 16.7. The molecule has 7 fully saturated rings. The van der Waals surface area contributed by atoms with Gasteiger partial charge < -0.3 is 19.7 Å². The number of piperazine rings is 1. The van der Waals surface area contributed by atoms with Gasteiger partial charge in [0.05, 0.1) is 12.7 Å². The summed E-state index contributed by atoms with van der Waals surface area (Å²) in [5.41, 5.74) is 3.94. The summed E-state index contributed by atoms with van der Waals surface area (Å²) in [6, 6.07) is 0.312. The molecule has 3 aliphatic heterocycles. The van der Waals surface area contributed by atoms with Crippen molar-refractivity contribution in [3.63, 3.8) is 0 Å². The van der Waals surface area contributed by atoms with Crippen molar-refractivity contribution >= 4 is 6.03 Å². The van der Waals surface area contributed by atoms with Crippen LogP contribution in [0.25, 0.3) is 0 Å². The van der Waals surface area contributed by atoms with Crippen molar-refractivity contribution < 1.29 is 14.3 Å².